The van der Waals surface area contributed by atoms with Crippen LogP contribution < -0.4 is 5.73 Å². The number of aliphatic hydroxyl groups is 2. The molecule has 1 saturated carbocycles. The van der Waals surface area contributed by atoms with Gasteiger partial charge in [0.25, 0.3) is 0 Å². The van der Waals surface area contributed by atoms with Crippen LogP contribution in [0.3, 0.4) is 0 Å². The van der Waals surface area contributed by atoms with Gasteiger partial charge in [0.1, 0.15) is 22.6 Å². The fourth-order valence-corrected chi connectivity index (χ4v) is 8.51. The Kier molecular flexibility index (Phi) is 7.76. The van der Waals surface area contributed by atoms with Crippen LogP contribution in [0.2, 0.25) is 5.28 Å². The molecule has 42 heavy (non-hydrogen) atoms. The molecule has 1 aromatic carbocycles. The van der Waals surface area contributed by atoms with Gasteiger partial charge in [-0.2, -0.15) is 16.3 Å². The maximum atomic E-state index is 11.4. The molecule has 4 N–H and O–H groups in total. The third-order valence-corrected chi connectivity index (χ3v) is 10.8. The van der Waals surface area contributed by atoms with Crippen LogP contribution in [0.15, 0.2) is 58.7 Å². The first-order valence-electron chi connectivity index (χ1n) is 14.4. The average molecular weight is 621 g/mol. The number of anilines is 1. The number of aliphatic hydroxyl groups excluding tert-OH is 2. The molecule has 0 radical (unpaired) electrons. The number of fused-ring (bicyclic) bond motifs is 1. The Bertz CT molecular complexity index is 1670. The Labute approximate surface area is 257 Å². The van der Waals surface area contributed by atoms with Crippen molar-refractivity contribution in [2.24, 2.45) is 11.8 Å². The lowest BCUT2D eigenvalue weighted by molar-refractivity contribution is -0.0125. The molecular formula is C31H33ClN6O2S2. The monoisotopic (exact) mass is 620 g/mol. The number of rotatable bonds is 7. The largest absolute Gasteiger partial charge is 0.390 e. The molecular weight excluding hydrogens is 588 g/mol. The predicted molar refractivity (Wildman–Crippen MR) is 169 cm³/mol. The van der Waals surface area contributed by atoms with Gasteiger partial charge in [-0.25, -0.2) is 9.97 Å². The summed E-state index contributed by atoms with van der Waals surface area (Å²) in [6.45, 7) is 2.96. The van der Waals surface area contributed by atoms with E-state index >= 15 is 0 Å². The topological polar surface area (TPSA) is 113 Å². The van der Waals surface area contributed by atoms with Crippen LogP contribution in [-0.4, -0.2) is 59.9 Å². The highest BCUT2D eigenvalue weighted by Gasteiger charge is 2.46. The highest BCUT2D eigenvalue weighted by Crippen LogP contribution is 2.46. The van der Waals surface area contributed by atoms with Gasteiger partial charge in [0, 0.05) is 30.1 Å². The number of hydrogen-bond acceptors (Lipinski definition) is 9. The highest BCUT2D eigenvalue weighted by molar-refractivity contribution is 7.13. The molecule has 0 bridgehead atoms. The smallest absolute Gasteiger partial charge is 0.226 e. The average Bonchev–Trinajstić information content (AvgIpc) is 3.79. The molecule has 11 heteroatoms. The van der Waals surface area contributed by atoms with E-state index in [2.05, 4.69) is 49.2 Å². The lowest BCUT2D eigenvalue weighted by Gasteiger charge is -2.35. The van der Waals surface area contributed by atoms with Gasteiger partial charge >= 0.3 is 0 Å². The minimum Gasteiger partial charge on any atom is -0.390 e. The molecule has 1 aliphatic heterocycles. The van der Waals surface area contributed by atoms with Crippen LogP contribution in [0.5, 0.6) is 0 Å². The van der Waals surface area contributed by atoms with Gasteiger partial charge in [-0.1, -0.05) is 30.3 Å². The van der Waals surface area contributed by atoms with E-state index in [0.717, 1.165) is 55.2 Å². The zero-order chi connectivity index (χ0) is 28.8. The van der Waals surface area contributed by atoms with Crippen molar-refractivity contribution in [3.05, 3.63) is 80.8 Å². The van der Waals surface area contributed by atoms with Gasteiger partial charge in [0.2, 0.25) is 5.28 Å². The zero-order valence-electron chi connectivity index (χ0n) is 23.0. The molecule has 2 fully saturated rings. The van der Waals surface area contributed by atoms with Crippen LogP contribution in [-0.2, 0) is 13.0 Å². The molecule has 0 unspecified atom stereocenters. The number of halogens is 1. The number of thiophene rings is 1. The second kappa shape index (κ2) is 11.7. The van der Waals surface area contributed by atoms with E-state index in [1.54, 1.807) is 22.7 Å². The summed E-state index contributed by atoms with van der Waals surface area (Å²) in [5, 5.41) is 30.6. The van der Waals surface area contributed by atoms with Gasteiger partial charge in [-0.05, 0) is 83.7 Å². The molecule has 4 atom stereocenters. The van der Waals surface area contributed by atoms with E-state index in [4.69, 9.17) is 22.3 Å². The summed E-state index contributed by atoms with van der Waals surface area (Å²) < 4.78 is 1.95. The molecule has 8 nitrogen and oxygen atoms in total. The lowest BCUT2D eigenvalue weighted by Crippen LogP contribution is -2.39. The van der Waals surface area contributed by atoms with Crippen LogP contribution in [0.4, 0.5) is 5.82 Å². The standard InChI is InChI=1S/C31H33ClN6O2S2/c32-31-35-28(33)25-23(30-34-21(17-42-30)12-18-4-2-1-3-5-18)15-38(29(25)36-31)24-13-22(26(39)27(24)40)20-6-9-37(10-7-20)14-19-8-11-41-16-19/h1-5,8,11,15-17,20,22,24,26-27,39-40H,6-7,9-10,12-14H2,(H2,33,35,36)/t22-,24-,26-,27+/m1/s1. The quantitative estimate of drug-likeness (QED) is 0.202. The molecule has 2 aliphatic rings. The predicted octanol–water partition coefficient (Wildman–Crippen LogP) is 5.64. The Morgan fingerprint density at radius 2 is 1.79 bits per heavy atom. The van der Waals surface area contributed by atoms with Gasteiger partial charge < -0.3 is 20.5 Å². The van der Waals surface area contributed by atoms with Crippen molar-refractivity contribution in [3.63, 3.8) is 0 Å². The first-order chi connectivity index (χ1) is 20.4. The Balaban J connectivity index is 1.15. The molecule has 1 saturated heterocycles. The maximum absolute atomic E-state index is 11.4. The molecule has 1 aliphatic carbocycles. The van der Waals surface area contributed by atoms with E-state index in [-0.39, 0.29) is 23.1 Å². The van der Waals surface area contributed by atoms with E-state index in [1.165, 1.54) is 11.1 Å². The summed E-state index contributed by atoms with van der Waals surface area (Å²) in [6.07, 6.45) is 3.62. The van der Waals surface area contributed by atoms with Crippen molar-refractivity contribution in [2.45, 2.75) is 50.5 Å². The van der Waals surface area contributed by atoms with Crippen molar-refractivity contribution in [3.8, 4) is 10.6 Å². The SMILES string of the molecule is Nc1nc(Cl)nc2c1c(-c1nc(Cc3ccccc3)cs1)cn2[C@@H]1C[C@H](C2CCN(Cc3ccsc3)CC2)[C@@H](O)[C@H]1O. The van der Waals surface area contributed by atoms with Crippen molar-refractivity contribution in [1.82, 2.24) is 24.4 Å². The van der Waals surface area contributed by atoms with E-state index < -0.39 is 12.2 Å². The summed E-state index contributed by atoms with van der Waals surface area (Å²) in [4.78, 5) is 16.2. The fourth-order valence-electron chi connectivity index (χ4n) is 6.85. The number of hydrogen-bond donors (Lipinski definition) is 3. The molecule has 4 aromatic heterocycles. The molecule has 0 spiro atoms. The number of aromatic nitrogens is 4. The number of nitrogens with zero attached hydrogens (tertiary/aromatic N) is 5. The van der Waals surface area contributed by atoms with E-state index in [1.807, 2.05) is 29.0 Å². The number of piperidine rings is 1. The third-order valence-electron chi connectivity index (χ3n) is 8.96. The second-order valence-electron chi connectivity index (χ2n) is 11.5. The number of thiazole rings is 1. The zero-order valence-corrected chi connectivity index (χ0v) is 25.4. The van der Waals surface area contributed by atoms with Crippen molar-refractivity contribution >= 4 is 51.1 Å². The van der Waals surface area contributed by atoms with Crippen LogP contribution >= 0.6 is 34.3 Å². The summed E-state index contributed by atoms with van der Waals surface area (Å²) >= 11 is 9.57. The third kappa shape index (κ3) is 5.36. The van der Waals surface area contributed by atoms with Crippen molar-refractivity contribution < 1.29 is 10.2 Å². The maximum Gasteiger partial charge on any atom is 0.226 e. The van der Waals surface area contributed by atoms with Gasteiger partial charge in [-0.15, -0.1) is 11.3 Å². The summed E-state index contributed by atoms with van der Waals surface area (Å²) in [6, 6.07) is 12.1. The molecule has 5 aromatic rings. The van der Waals surface area contributed by atoms with Gasteiger partial charge in [0.05, 0.1) is 23.2 Å². The summed E-state index contributed by atoms with van der Waals surface area (Å²) in [5.41, 5.74) is 11.3. The van der Waals surface area contributed by atoms with Crippen LogP contribution in [0, 0.1) is 11.8 Å². The number of benzene rings is 1. The van der Waals surface area contributed by atoms with Crippen LogP contribution in [0.25, 0.3) is 21.6 Å². The summed E-state index contributed by atoms with van der Waals surface area (Å²) in [5.74, 6) is 0.629. The fraction of sp³-hybridized carbons (Fsp3) is 0.387. The number of nitrogens with two attached hydrogens (primary N) is 1. The van der Waals surface area contributed by atoms with Crippen molar-refractivity contribution in [2.75, 3.05) is 18.8 Å². The van der Waals surface area contributed by atoms with Crippen LogP contribution in [0.1, 0.15) is 42.1 Å². The second-order valence-corrected chi connectivity index (χ2v) is 13.5. The van der Waals surface area contributed by atoms with Crippen molar-refractivity contribution in [1.29, 1.82) is 0 Å². The Hall–Kier alpha value is -2.86. The first-order valence-corrected chi connectivity index (χ1v) is 16.6. The van der Waals surface area contributed by atoms with E-state index in [0.29, 0.717) is 23.4 Å². The lowest BCUT2D eigenvalue weighted by atomic mass is 9.82. The first kappa shape index (κ1) is 27.9. The number of likely N-dealkylation sites (tertiary alicyclic amines) is 1. The molecule has 218 valence electrons. The Morgan fingerprint density at radius 3 is 2.55 bits per heavy atom. The minimum absolute atomic E-state index is 0.00110. The molecule has 5 heterocycles. The molecule has 0 amide bonds. The molecule has 7 rings (SSSR count). The number of nitrogen functional groups attached to an aromatic ring is 1. The normalized spacial score (nSPS) is 23.7. The highest BCUT2D eigenvalue weighted by atomic mass is 35.5. The van der Waals surface area contributed by atoms with Gasteiger partial charge in [-0.3, -0.25) is 4.90 Å². The van der Waals surface area contributed by atoms with Gasteiger partial charge in [0.15, 0.2) is 0 Å². The Morgan fingerprint density at radius 1 is 0.976 bits per heavy atom. The minimum atomic E-state index is -0.929. The summed E-state index contributed by atoms with van der Waals surface area (Å²) in [7, 11) is 0. The van der Waals surface area contributed by atoms with E-state index in [9.17, 15) is 10.2 Å².